The minimum Gasteiger partial charge on any atom is -0.399 e. The first-order valence-electron chi connectivity index (χ1n) is 6.24. The summed E-state index contributed by atoms with van der Waals surface area (Å²) in [6, 6.07) is 5.99. The second kappa shape index (κ2) is 5.73. The van der Waals surface area contributed by atoms with Crippen molar-refractivity contribution in [1.29, 1.82) is 0 Å². The number of carbonyl (C=O) groups is 1. The molecule has 2 rings (SSSR count). The smallest absolute Gasteiger partial charge is 0.314 e. The van der Waals surface area contributed by atoms with Crippen molar-refractivity contribution in [3.05, 3.63) is 29.3 Å². The summed E-state index contributed by atoms with van der Waals surface area (Å²) in [7, 11) is 1.62. The Hall–Kier alpha value is -1.75. The molecule has 1 aromatic carbocycles. The minimum absolute atomic E-state index is 0.125. The third-order valence-electron chi connectivity index (χ3n) is 3.26. The number of nitrogen functional groups attached to an aromatic ring is 1. The summed E-state index contributed by atoms with van der Waals surface area (Å²) in [5.41, 5.74) is 9.31. The summed E-state index contributed by atoms with van der Waals surface area (Å²) in [6.45, 7) is 3.50. The Morgan fingerprint density at radius 1 is 1.44 bits per heavy atom. The number of nitrogens with two attached hydrogens (primary N) is 1. The molecule has 0 aliphatic carbocycles. The van der Waals surface area contributed by atoms with Gasteiger partial charge in [-0.05, 0) is 29.7 Å². The molecule has 5 nitrogen and oxygen atoms in total. The Balaban J connectivity index is 1.84. The predicted molar refractivity (Wildman–Crippen MR) is 72.3 cm³/mol. The number of anilines is 1. The van der Waals surface area contributed by atoms with Crippen LogP contribution in [0.1, 0.15) is 11.1 Å². The summed E-state index contributed by atoms with van der Waals surface area (Å²) in [6.07, 6.45) is 1.03. The monoisotopic (exact) mass is 248 g/mol. The van der Waals surface area contributed by atoms with E-state index in [-0.39, 0.29) is 6.03 Å². The van der Waals surface area contributed by atoms with E-state index < -0.39 is 0 Å². The van der Waals surface area contributed by atoms with Crippen molar-refractivity contribution in [3.8, 4) is 0 Å². The number of benzene rings is 1. The molecule has 0 saturated carbocycles. The van der Waals surface area contributed by atoms with Crippen molar-refractivity contribution >= 4 is 11.7 Å². The van der Waals surface area contributed by atoms with Gasteiger partial charge >= 0.3 is 6.03 Å². The molecule has 1 aliphatic heterocycles. The van der Waals surface area contributed by atoms with E-state index in [1.54, 1.807) is 7.05 Å². The number of carbonyl (C=O) groups excluding carboxylic acids is 1. The highest BCUT2D eigenvalue weighted by atomic mass is 16.2. The quantitative estimate of drug-likeness (QED) is 0.684. The Labute approximate surface area is 107 Å². The van der Waals surface area contributed by atoms with E-state index in [0.29, 0.717) is 6.54 Å². The van der Waals surface area contributed by atoms with Gasteiger partial charge < -0.3 is 16.4 Å². The highest BCUT2D eigenvalue weighted by Crippen LogP contribution is 2.20. The Kier molecular flexibility index (Phi) is 4.04. The highest BCUT2D eigenvalue weighted by molar-refractivity contribution is 5.73. The molecule has 0 atom stereocenters. The Morgan fingerprint density at radius 2 is 2.28 bits per heavy atom. The van der Waals surface area contributed by atoms with Gasteiger partial charge in [-0.1, -0.05) is 6.07 Å². The number of hydrogen-bond donors (Lipinski definition) is 3. The molecule has 2 amide bonds. The van der Waals surface area contributed by atoms with Crippen molar-refractivity contribution in [2.75, 3.05) is 32.4 Å². The highest BCUT2D eigenvalue weighted by Gasteiger charge is 2.15. The fraction of sp³-hybridized carbons (Fsp3) is 0.462. The third kappa shape index (κ3) is 3.13. The largest absolute Gasteiger partial charge is 0.399 e. The van der Waals surface area contributed by atoms with E-state index in [1.807, 2.05) is 6.07 Å². The number of hydrogen-bond acceptors (Lipinski definition) is 3. The normalized spacial score (nSPS) is 14.9. The van der Waals surface area contributed by atoms with Crippen molar-refractivity contribution in [1.82, 2.24) is 15.5 Å². The SMILES string of the molecule is CNC(=O)NCCN1CCc2cc(N)ccc2C1. The van der Waals surface area contributed by atoms with Crippen molar-refractivity contribution in [2.24, 2.45) is 0 Å². The number of rotatable bonds is 3. The van der Waals surface area contributed by atoms with E-state index in [1.165, 1.54) is 11.1 Å². The molecule has 1 heterocycles. The van der Waals surface area contributed by atoms with Crippen LogP contribution in [-0.4, -0.2) is 37.6 Å². The first kappa shape index (κ1) is 12.7. The zero-order valence-electron chi connectivity index (χ0n) is 10.7. The molecule has 0 fully saturated rings. The Bertz CT molecular complexity index is 433. The lowest BCUT2D eigenvalue weighted by Crippen LogP contribution is -2.40. The van der Waals surface area contributed by atoms with E-state index in [0.717, 1.165) is 31.7 Å². The number of fused-ring (bicyclic) bond motifs is 1. The van der Waals surface area contributed by atoms with Gasteiger partial charge in [-0.15, -0.1) is 0 Å². The number of nitrogens with one attached hydrogen (secondary N) is 2. The average Bonchev–Trinajstić information content (AvgIpc) is 2.38. The second-order valence-electron chi connectivity index (χ2n) is 4.56. The molecule has 98 valence electrons. The van der Waals surface area contributed by atoms with E-state index in [9.17, 15) is 4.79 Å². The lowest BCUT2D eigenvalue weighted by atomic mass is 9.99. The van der Waals surface area contributed by atoms with Crippen LogP contribution in [0.3, 0.4) is 0 Å². The fourth-order valence-electron chi connectivity index (χ4n) is 2.24. The van der Waals surface area contributed by atoms with Crippen LogP contribution in [-0.2, 0) is 13.0 Å². The van der Waals surface area contributed by atoms with E-state index >= 15 is 0 Å². The van der Waals surface area contributed by atoms with Crippen LogP contribution >= 0.6 is 0 Å². The van der Waals surface area contributed by atoms with Crippen LogP contribution in [0.2, 0.25) is 0 Å². The van der Waals surface area contributed by atoms with Gasteiger partial charge in [-0.25, -0.2) is 4.79 Å². The zero-order chi connectivity index (χ0) is 13.0. The summed E-state index contributed by atoms with van der Waals surface area (Å²) in [5, 5.41) is 5.34. The van der Waals surface area contributed by atoms with Crippen molar-refractivity contribution < 1.29 is 4.79 Å². The molecule has 18 heavy (non-hydrogen) atoms. The molecule has 0 saturated heterocycles. The minimum atomic E-state index is -0.125. The lowest BCUT2D eigenvalue weighted by molar-refractivity contribution is 0.232. The van der Waals surface area contributed by atoms with Crippen LogP contribution in [0.4, 0.5) is 10.5 Å². The van der Waals surface area contributed by atoms with Crippen molar-refractivity contribution in [3.63, 3.8) is 0 Å². The second-order valence-corrected chi connectivity index (χ2v) is 4.56. The summed E-state index contributed by atoms with van der Waals surface area (Å²) >= 11 is 0. The van der Waals surface area contributed by atoms with Gasteiger partial charge in [0.25, 0.3) is 0 Å². The van der Waals surface area contributed by atoms with Crippen LogP contribution < -0.4 is 16.4 Å². The molecule has 0 spiro atoms. The number of nitrogens with zero attached hydrogens (tertiary/aromatic N) is 1. The van der Waals surface area contributed by atoms with Gasteiger partial charge in [0.1, 0.15) is 0 Å². The van der Waals surface area contributed by atoms with Gasteiger partial charge in [0.2, 0.25) is 0 Å². The van der Waals surface area contributed by atoms with E-state index in [2.05, 4.69) is 27.7 Å². The molecule has 0 unspecified atom stereocenters. The molecule has 4 N–H and O–H groups in total. The number of amides is 2. The first-order chi connectivity index (χ1) is 8.69. The average molecular weight is 248 g/mol. The van der Waals surface area contributed by atoms with Gasteiger partial charge in [-0.3, -0.25) is 4.90 Å². The topological polar surface area (TPSA) is 70.4 Å². The maximum atomic E-state index is 11.0. The van der Waals surface area contributed by atoms with Crippen LogP contribution in [0.15, 0.2) is 18.2 Å². The molecule has 5 heteroatoms. The molecular weight excluding hydrogens is 228 g/mol. The van der Waals surface area contributed by atoms with Crippen LogP contribution in [0.5, 0.6) is 0 Å². The summed E-state index contributed by atoms with van der Waals surface area (Å²) < 4.78 is 0. The summed E-state index contributed by atoms with van der Waals surface area (Å²) in [4.78, 5) is 13.4. The molecule has 1 aliphatic rings. The zero-order valence-corrected chi connectivity index (χ0v) is 10.7. The van der Waals surface area contributed by atoms with Crippen molar-refractivity contribution in [2.45, 2.75) is 13.0 Å². The number of urea groups is 1. The van der Waals surface area contributed by atoms with Gasteiger partial charge in [0, 0.05) is 38.9 Å². The first-order valence-corrected chi connectivity index (χ1v) is 6.24. The van der Waals surface area contributed by atoms with Gasteiger partial charge in [0.15, 0.2) is 0 Å². The van der Waals surface area contributed by atoms with Crippen LogP contribution in [0.25, 0.3) is 0 Å². The standard InChI is InChI=1S/C13H20N4O/c1-15-13(18)16-5-7-17-6-4-10-8-12(14)3-2-11(10)9-17/h2-3,8H,4-7,9,14H2,1H3,(H2,15,16,18). The maximum absolute atomic E-state index is 11.0. The third-order valence-corrected chi connectivity index (χ3v) is 3.26. The fourth-order valence-corrected chi connectivity index (χ4v) is 2.24. The molecular formula is C13H20N4O. The van der Waals surface area contributed by atoms with E-state index in [4.69, 9.17) is 5.73 Å². The molecule has 1 aromatic rings. The maximum Gasteiger partial charge on any atom is 0.314 e. The molecule has 0 aromatic heterocycles. The molecule has 0 radical (unpaired) electrons. The Morgan fingerprint density at radius 3 is 3.06 bits per heavy atom. The van der Waals surface area contributed by atoms with Gasteiger partial charge in [0.05, 0.1) is 0 Å². The summed E-state index contributed by atoms with van der Waals surface area (Å²) in [5.74, 6) is 0. The lowest BCUT2D eigenvalue weighted by Gasteiger charge is -2.28. The molecule has 0 bridgehead atoms. The predicted octanol–water partition coefficient (Wildman–Crippen LogP) is 0.556. The van der Waals surface area contributed by atoms with Crippen LogP contribution in [0, 0.1) is 0 Å². The van der Waals surface area contributed by atoms with Gasteiger partial charge in [-0.2, -0.15) is 0 Å².